The molecule has 0 fully saturated rings. The molecule has 30 heavy (non-hydrogen) atoms. The van der Waals surface area contributed by atoms with Gasteiger partial charge in [-0.1, -0.05) is 147 Å². The first-order valence-electron chi connectivity index (χ1n) is 14.2. The molecule has 0 radical (unpaired) electrons. The predicted molar refractivity (Wildman–Crippen MR) is 140 cm³/mol. The molecule has 0 rings (SSSR count). The Morgan fingerprint density at radius 3 is 0.933 bits per heavy atom. The molecule has 0 heteroatoms. The maximum Gasteiger partial charge on any atom is -0.0351 e. The van der Waals surface area contributed by atoms with Gasteiger partial charge < -0.3 is 0 Å². The number of allylic oxidation sites excluding steroid dienone is 3. The van der Waals surface area contributed by atoms with Gasteiger partial charge in [-0.25, -0.2) is 0 Å². The zero-order chi connectivity index (χ0) is 21.8. The van der Waals surface area contributed by atoms with Crippen LogP contribution < -0.4 is 0 Å². The minimum atomic E-state index is 1.20. The fraction of sp³-hybridized carbons (Fsp3) is 0.867. The van der Waals surface area contributed by atoms with Crippen LogP contribution in [0.25, 0.3) is 0 Å². The minimum absolute atomic E-state index is 1.20. The van der Waals surface area contributed by atoms with Gasteiger partial charge in [0.25, 0.3) is 0 Å². The number of hydrogen-bond acceptors (Lipinski definition) is 0. The molecule has 178 valence electrons. The standard InChI is InChI=1S/C30H58/c1-3-5-7-9-11-13-15-17-19-21-23-25-27-29-30-28-26-24-22-20-18-16-14-12-10-8-6-4-2/h3,29-30H,1,4-28H2,2H3. The Morgan fingerprint density at radius 2 is 0.633 bits per heavy atom. The van der Waals surface area contributed by atoms with Gasteiger partial charge in [0.05, 0.1) is 0 Å². The Balaban J connectivity index is 3.06. The Morgan fingerprint density at radius 1 is 0.367 bits per heavy atom. The lowest BCUT2D eigenvalue weighted by Crippen LogP contribution is -1.82. The molecule has 0 aliphatic rings. The lowest BCUT2D eigenvalue weighted by atomic mass is 10.0. The maximum absolute atomic E-state index is 3.79. The van der Waals surface area contributed by atoms with Crippen LogP contribution in [0.5, 0.6) is 0 Å². The SMILES string of the molecule is C=CCCCCCCCCCCCCC=CCCCCCCCCCCCCCC. The van der Waals surface area contributed by atoms with E-state index in [0.717, 1.165) is 0 Å². The van der Waals surface area contributed by atoms with Crippen molar-refractivity contribution in [1.82, 2.24) is 0 Å². The Kier molecular flexibility index (Phi) is 28.0. The van der Waals surface area contributed by atoms with Crippen molar-refractivity contribution < 1.29 is 0 Å². The van der Waals surface area contributed by atoms with E-state index >= 15 is 0 Å². The molecule has 0 nitrogen and oxygen atoms in total. The number of unbranched alkanes of at least 4 members (excludes halogenated alkanes) is 23. The molecular weight excluding hydrogens is 360 g/mol. The molecule has 0 saturated heterocycles. The van der Waals surface area contributed by atoms with Gasteiger partial charge in [-0.2, -0.15) is 0 Å². The van der Waals surface area contributed by atoms with E-state index in [0.29, 0.717) is 0 Å². The van der Waals surface area contributed by atoms with Crippen LogP contribution in [0.2, 0.25) is 0 Å². The largest absolute Gasteiger partial charge is 0.103 e. The van der Waals surface area contributed by atoms with Gasteiger partial charge in [0, 0.05) is 0 Å². The topological polar surface area (TPSA) is 0 Å². The average molecular weight is 419 g/mol. The molecule has 0 aliphatic carbocycles. The molecule has 0 aromatic carbocycles. The van der Waals surface area contributed by atoms with Crippen molar-refractivity contribution in [1.29, 1.82) is 0 Å². The number of rotatable bonds is 26. The third-order valence-electron chi connectivity index (χ3n) is 6.42. The zero-order valence-corrected chi connectivity index (χ0v) is 21.1. The second kappa shape index (κ2) is 28.5. The summed E-state index contributed by atoms with van der Waals surface area (Å²) in [5.74, 6) is 0. The van der Waals surface area contributed by atoms with E-state index in [1.54, 1.807) is 0 Å². The summed E-state index contributed by atoms with van der Waals surface area (Å²) in [7, 11) is 0. The number of hydrogen-bond donors (Lipinski definition) is 0. The van der Waals surface area contributed by atoms with E-state index in [-0.39, 0.29) is 0 Å². The highest BCUT2D eigenvalue weighted by Gasteiger charge is 1.94. The van der Waals surface area contributed by atoms with Crippen LogP contribution >= 0.6 is 0 Å². The second-order valence-electron chi connectivity index (χ2n) is 9.55. The normalized spacial score (nSPS) is 11.5. The third kappa shape index (κ3) is 27.5. The van der Waals surface area contributed by atoms with Crippen molar-refractivity contribution >= 4 is 0 Å². The molecule has 0 aromatic rings. The van der Waals surface area contributed by atoms with Gasteiger partial charge >= 0.3 is 0 Å². The molecule has 0 amide bonds. The monoisotopic (exact) mass is 418 g/mol. The highest BCUT2D eigenvalue weighted by atomic mass is 14.0. The van der Waals surface area contributed by atoms with Gasteiger partial charge in [-0.3, -0.25) is 0 Å². The zero-order valence-electron chi connectivity index (χ0n) is 21.1. The summed E-state index contributed by atoms with van der Waals surface area (Å²) in [5, 5.41) is 0. The van der Waals surface area contributed by atoms with Crippen LogP contribution in [0.15, 0.2) is 24.8 Å². The van der Waals surface area contributed by atoms with E-state index in [1.165, 1.54) is 161 Å². The van der Waals surface area contributed by atoms with Gasteiger partial charge in [-0.15, -0.1) is 6.58 Å². The van der Waals surface area contributed by atoms with Crippen LogP contribution in [0.1, 0.15) is 167 Å². The van der Waals surface area contributed by atoms with Crippen LogP contribution in [0.3, 0.4) is 0 Å². The molecule has 0 heterocycles. The first kappa shape index (κ1) is 29.5. The summed E-state index contributed by atoms with van der Waals surface area (Å²) < 4.78 is 0. The molecule has 0 saturated carbocycles. The van der Waals surface area contributed by atoms with Gasteiger partial charge in [-0.05, 0) is 38.5 Å². The van der Waals surface area contributed by atoms with Crippen LogP contribution in [-0.2, 0) is 0 Å². The molecule has 0 bridgehead atoms. The summed E-state index contributed by atoms with van der Waals surface area (Å²) in [4.78, 5) is 0. The first-order chi connectivity index (χ1) is 14.9. The van der Waals surface area contributed by atoms with E-state index in [2.05, 4.69) is 31.7 Å². The highest BCUT2D eigenvalue weighted by molar-refractivity contribution is 4.81. The first-order valence-corrected chi connectivity index (χ1v) is 14.2. The second-order valence-corrected chi connectivity index (χ2v) is 9.55. The third-order valence-corrected chi connectivity index (χ3v) is 6.42. The van der Waals surface area contributed by atoms with Crippen molar-refractivity contribution in [3.05, 3.63) is 24.8 Å². The van der Waals surface area contributed by atoms with Gasteiger partial charge in [0.2, 0.25) is 0 Å². The fourth-order valence-corrected chi connectivity index (χ4v) is 4.30. The van der Waals surface area contributed by atoms with Gasteiger partial charge in [0.15, 0.2) is 0 Å². The van der Waals surface area contributed by atoms with E-state index < -0.39 is 0 Å². The quantitative estimate of drug-likeness (QED) is 0.0967. The predicted octanol–water partition coefficient (Wildman–Crippen LogP) is 11.5. The van der Waals surface area contributed by atoms with E-state index in [9.17, 15) is 0 Å². The molecule has 0 aromatic heterocycles. The van der Waals surface area contributed by atoms with E-state index in [1.807, 2.05) is 0 Å². The molecule has 0 atom stereocenters. The van der Waals surface area contributed by atoms with Crippen LogP contribution in [0.4, 0.5) is 0 Å². The average Bonchev–Trinajstić information content (AvgIpc) is 2.76. The molecule has 0 unspecified atom stereocenters. The molecule has 0 N–H and O–H groups in total. The summed E-state index contributed by atoms with van der Waals surface area (Å²) in [6.45, 7) is 6.09. The molecule has 0 spiro atoms. The summed E-state index contributed by atoms with van der Waals surface area (Å²) in [5.41, 5.74) is 0. The maximum atomic E-state index is 3.79. The van der Waals surface area contributed by atoms with Gasteiger partial charge in [0.1, 0.15) is 0 Å². The van der Waals surface area contributed by atoms with Crippen LogP contribution in [0, 0.1) is 0 Å². The lowest BCUT2D eigenvalue weighted by molar-refractivity contribution is 0.544. The Labute approximate surface area is 192 Å². The molecular formula is C30H58. The summed E-state index contributed by atoms with van der Waals surface area (Å²) in [6.07, 6.45) is 42.4. The van der Waals surface area contributed by atoms with Crippen molar-refractivity contribution in [3.8, 4) is 0 Å². The summed E-state index contributed by atoms with van der Waals surface area (Å²) >= 11 is 0. The summed E-state index contributed by atoms with van der Waals surface area (Å²) in [6, 6.07) is 0. The van der Waals surface area contributed by atoms with Crippen molar-refractivity contribution in [3.63, 3.8) is 0 Å². The lowest BCUT2D eigenvalue weighted by Gasteiger charge is -2.02. The molecule has 0 aliphatic heterocycles. The van der Waals surface area contributed by atoms with Crippen LogP contribution in [-0.4, -0.2) is 0 Å². The van der Waals surface area contributed by atoms with Crippen molar-refractivity contribution in [2.24, 2.45) is 0 Å². The fourth-order valence-electron chi connectivity index (χ4n) is 4.30. The van der Waals surface area contributed by atoms with Crippen molar-refractivity contribution in [2.75, 3.05) is 0 Å². The minimum Gasteiger partial charge on any atom is -0.103 e. The smallest absolute Gasteiger partial charge is 0.0351 e. The Bertz CT molecular complexity index is 327. The Hall–Kier alpha value is -0.520. The van der Waals surface area contributed by atoms with Crippen molar-refractivity contribution in [2.45, 2.75) is 167 Å². The van der Waals surface area contributed by atoms with E-state index in [4.69, 9.17) is 0 Å². The highest BCUT2D eigenvalue weighted by Crippen LogP contribution is 2.14.